The van der Waals surface area contributed by atoms with Crippen LogP contribution in [0, 0.1) is 0 Å². The first-order valence-electron chi connectivity index (χ1n) is 3.77. The molecule has 0 atom stereocenters. The van der Waals surface area contributed by atoms with E-state index in [1.165, 1.54) is 0 Å². The quantitative estimate of drug-likeness (QED) is 0.504. The van der Waals surface area contributed by atoms with Gasteiger partial charge in [-0.25, -0.2) is 0 Å². The molecule has 0 spiro atoms. The maximum atomic E-state index is 8.97. The molecule has 4 N–H and O–H groups in total. The summed E-state index contributed by atoms with van der Waals surface area (Å²) in [6.45, 7) is 0. The fourth-order valence-electron chi connectivity index (χ4n) is 0.822. The van der Waals surface area contributed by atoms with Crippen LogP contribution in [-0.2, 0) is 0 Å². The standard InChI is InChI=1S/C7H9ClO4P2S/c8-5-1-3-6(4-2-5)15-7(13(9)10)14(11)12/h1-4,7,9-12H. The Kier molecular flexibility index (Phi) is 5.75. The molecular formula is C7H9ClO4P2S. The van der Waals surface area contributed by atoms with E-state index in [1.807, 2.05) is 0 Å². The number of hydrogen-bond donors (Lipinski definition) is 4. The van der Waals surface area contributed by atoms with Crippen molar-refractivity contribution in [2.24, 2.45) is 0 Å². The lowest BCUT2D eigenvalue weighted by molar-refractivity contribution is 0.464. The van der Waals surface area contributed by atoms with Crippen LogP contribution in [0.25, 0.3) is 0 Å². The van der Waals surface area contributed by atoms with Crippen LogP contribution < -0.4 is 0 Å². The summed E-state index contributed by atoms with van der Waals surface area (Å²) in [6, 6.07) is 6.65. The highest BCUT2D eigenvalue weighted by Gasteiger charge is 2.27. The lowest BCUT2D eigenvalue weighted by atomic mass is 10.4. The van der Waals surface area contributed by atoms with E-state index in [-0.39, 0.29) is 0 Å². The van der Waals surface area contributed by atoms with E-state index in [0.717, 1.165) is 11.8 Å². The molecule has 4 nitrogen and oxygen atoms in total. The zero-order valence-corrected chi connectivity index (χ0v) is 10.7. The zero-order valence-electron chi connectivity index (χ0n) is 7.36. The molecule has 15 heavy (non-hydrogen) atoms. The Balaban J connectivity index is 2.70. The normalized spacial score (nSPS) is 11.7. The van der Waals surface area contributed by atoms with Crippen LogP contribution >= 0.6 is 40.1 Å². The first-order valence-corrected chi connectivity index (χ1v) is 7.66. The maximum Gasteiger partial charge on any atom is 0.188 e. The molecule has 0 amide bonds. The molecular weight excluding hydrogens is 278 g/mol. The molecule has 0 fully saturated rings. The van der Waals surface area contributed by atoms with Crippen LogP contribution in [0.1, 0.15) is 0 Å². The van der Waals surface area contributed by atoms with Gasteiger partial charge in [0.15, 0.2) is 16.8 Å². The SMILES string of the molecule is OP(O)C(Sc1ccc(Cl)cc1)P(O)O. The smallest absolute Gasteiger partial charge is 0.188 e. The highest BCUT2D eigenvalue weighted by molar-refractivity contribution is 8.10. The van der Waals surface area contributed by atoms with E-state index < -0.39 is 21.5 Å². The molecule has 0 aromatic heterocycles. The summed E-state index contributed by atoms with van der Waals surface area (Å²) >= 11 is 6.69. The predicted octanol–water partition coefficient (Wildman–Crippen LogP) is 2.31. The Morgan fingerprint density at radius 2 is 1.47 bits per heavy atom. The molecule has 1 aromatic rings. The molecule has 8 heteroatoms. The van der Waals surface area contributed by atoms with Crippen molar-refractivity contribution in [2.45, 2.75) is 9.63 Å². The van der Waals surface area contributed by atoms with Gasteiger partial charge in [-0.05, 0) is 24.3 Å². The largest absolute Gasteiger partial charge is 0.349 e. The highest BCUT2D eigenvalue weighted by atomic mass is 35.5. The summed E-state index contributed by atoms with van der Waals surface area (Å²) in [5, 5.41) is 0.571. The molecule has 0 aliphatic heterocycles. The summed E-state index contributed by atoms with van der Waals surface area (Å²) in [7, 11) is -4.75. The lowest BCUT2D eigenvalue weighted by Gasteiger charge is -2.17. The van der Waals surface area contributed by atoms with Gasteiger partial charge in [-0.15, -0.1) is 11.8 Å². The average Bonchev–Trinajstić information content (AvgIpc) is 2.15. The Morgan fingerprint density at radius 1 is 1.00 bits per heavy atom. The lowest BCUT2D eigenvalue weighted by Crippen LogP contribution is -1.96. The monoisotopic (exact) mass is 286 g/mol. The third kappa shape index (κ3) is 4.51. The molecule has 0 radical (unpaired) electrons. The minimum Gasteiger partial charge on any atom is -0.349 e. The summed E-state index contributed by atoms with van der Waals surface area (Å²) in [6.07, 6.45) is 0. The minimum absolute atomic E-state index is 0.571. The second kappa shape index (κ2) is 6.33. The predicted molar refractivity (Wildman–Crippen MR) is 63.8 cm³/mol. The maximum absolute atomic E-state index is 8.97. The molecule has 0 heterocycles. The number of rotatable bonds is 4. The van der Waals surface area contributed by atoms with E-state index in [0.29, 0.717) is 9.92 Å². The molecule has 0 saturated heterocycles. The summed E-state index contributed by atoms with van der Waals surface area (Å²) in [5.74, 6) is 0. The van der Waals surface area contributed by atoms with Crippen molar-refractivity contribution in [2.75, 3.05) is 0 Å². The van der Waals surface area contributed by atoms with Gasteiger partial charge in [-0.3, -0.25) is 0 Å². The topological polar surface area (TPSA) is 80.9 Å². The van der Waals surface area contributed by atoms with Gasteiger partial charge in [0.2, 0.25) is 0 Å². The number of benzene rings is 1. The third-order valence-corrected chi connectivity index (χ3v) is 6.25. The van der Waals surface area contributed by atoms with E-state index in [9.17, 15) is 0 Å². The van der Waals surface area contributed by atoms with E-state index in [4.69, 9.17) is 31.2 Å². The van der Waals surface area contributed by atoms with Gasteiger partial charge in [-0.2, -0.15) is 0 Å². The minimum atomic E-state index is -2.38. The summed E-state index contributed by atoms with van der Waals surface area (Å²) in [5.41, 5.74) is 0. The average molecular weight is 287 g/mol. The van der Waals surface area contributed by atoms with Crippen LogP contribution in [0.3, 0.4) is 0 Å². The summed E-state index contributed by atoms with van der Waals surface area (Å²) in [4.78, 5) is 36.6. The van der Waals surface area contributed by atoms with Crippen LogP contribution in [0.5, 0.6) is 0 Å². The van der Waals surface area contributed by atoms with Gasteiger partial charge in [-0.1, -0.05) is 11.6 Å². The second-order valence-electron chi connectivity index (χ2n) is 2.54. The van der Waals surface area contributed by atoms with Crippen molar-refractivity contribution in [1.82, 2.24) is 0 Å². The van der Waals surface area contributed by atoms with Gasteiger partial charge in [0.05, 0.1) is 0 Å². The Morgan fingerprint density at radius 3 is 1.87 bits per heavy atom. The molecule has 0 aliphatic carbocycles. The van der Waals surface area contributed by atoms with Gasteiger partial charge in [0.25, 0.3) is 0 Å². The molecule has 84 valence electrons. The van der Waals surface area contributed by atoms with Crippen molar-refractivity contribution in [3.05, 3.63) is 29.3 Å². The fraction of sp³-hybridized carbons (Fsp3) is 0.143. The number of hydrogen-bond acceptors (Lipinski definition) is 5. The molecule has 1 aromatic carbocycles. The van der Waals surface area contributed by atoms with E-state index in [1.54, 1.807) is 24.3 Å². The highest BCUT2D eigenvalue weighted by Crippen LogP contribution is 2.57. The Hall–Kier alpha value is 0.560. The van der Waals surface area contributed by atoms with Crippen molar-refractivity contribution >= 4 is 40.1 Å². The second-order valence-corrected chi connectivity index (χ2v) is 7.57. The Bertz CT molecular complexity index is 300. The van der Waals surface area contributed by atoms with Crippen LogP contribution in [-0.4, -0.2) is 24.3 Å². The molecule has 0 aliphatic rings. The molecule has 0 saturated carbocycles. The van der Waals surface area contributed by atoms with E-state index in [2.05, 4.69) is 0 Å². The van der Waals surface area contributed by atoms with Crippen LogP contribution in [0.4, 0.5) is 0 Å². The van der Waals surface area contributed by atoms with Gasteiger partial charge < -0.3 is 19.6 Å². The molecule has 1 rings (SSSR count). The van der Waals surface area contributed by atoms with Gasteiger partial charge in [0.1, 0.15) is 4.73 Å². The Labute approximate surface area is 98.7 Å². The van der Waals surface area contributed by atoms with Gasteiger partial charge >= 0.3 is 0 Å². The van der Waals surface area contributed by atoms with Crippen molar-refractivity contribution in [1.29, 1.82) is 0 Å². The third-order valence-electron chi connectivity index (χ3n) is 1.45. The number of halogens is 1. The van der Waals surface area contributed by atoms with Crippen LogP contribution in [0.2, 0.25) is 5.02 Å². The van der Waals surface area contributed by atoms with Crippen molar-refractivity contribution in [3.63, 3.8) is 0 Å². The van der Waals surface area contributed by atoms with Crippen molar-refractivity contribution in [3.8, 4) is 0 Å². The number of thioether (sulfide) groups is 1. The van der Waals surface area contributed by atoms with Crippen molar-refractivity contribution < 1.29 is 19.6 Å². The van der Waals surface area contributed by atoms with Crippen LogP contribution in [0.15, 0.2) is 29.2 Å². The summed E-state index contributed by atoms with van der Waals surface area (Å²) < 4.78 is -0.976. The van der Waals surface area contributed by atoms with Gasteiger partial charge in [0, 0.05) is 9.92 Å². The zero-order chi connectivity index (χ0) is 11.4. The first kappa shape index (κ1) is 13.6. The first-order chi connectivity index (χ1) is 7.00. The van der Waals surface area contributed by atoms with E-state index >= 15 is 0 Å². The fourth-order valence-corrected chi connectivity index (χ4v) is 3.71. The molecule has 0 bridgehead atoms. The molecule has 0 unspecified atom stereocenters.